The highest BCUT2D eigenvalue weighted by Crippen LogP contribution is 2.11. The quantitative estimate of drug-likeness (QED) is 0.454. The second-order valence-corrected chi connectivity index (χ2v) is 3.50. The highest BCUT2D eigenvalue weighted by Gasteiger charge is 2.23. The van der Waals surface area contributed by atoms with Crippen LogP contribution in [0, 0.1) is 5.41 Å². The Kier molecular flexibility index (Phi) is 4.59. The molecular weight excluding hydrogens is 152 g/mol. The molecule has 0 aliphatic rings. The zero-order valence-corrected chi connectivity index (χ0v) is 7.89. The maximum absolute atomic E-state index is 10.8. The number of carbonyl (C=O) groups is 1. The van der Waals surface area contributed by atoms with Crippen LogP contribution in [0.3, 0.4) is 0 Å². The molecule has 0 atom stereocenters. The van der Waals surface area contributed by atoms with E-state index in [1.807, 2.05) is 19.9 Å². The molecule has 3 heteroatoms. The van der Waals surface area contributed by atoms with Crippen molar-refractivity contribution in [2.45, 2.75) is 20.3 Å². The average molecular weight is 170 g/mol. The van der Waals surface area contributed by atoms with Gasteiger partial charge in [-0.2, -0.15) is 0 Å². The number of primary amides is 1. The predicted octanol–water partition coefficient (Wildman–Crippen LogP) is 0.664. The van der Waals surface area contributed by atoms with E-state index in [0.717, 1.165) is 13.0 Å². The van der Waals surface area contributed by atoms with Crippen molar-refractivity contribution in [2.75, 3.05) is 13.1 Å². The van der Waals surface area contributed by atoms with Crippen LogP contribution in [0.1, 0.15) is 20.3 Å². The van der Waals surface area contributed by atoms with E-state index in [1.54, 1.807) is 0 Å². The lowest BCUT2D eigenvalue weighted by Gasteiger charge is -2.20. The van der Waals surface area contributed by atoms with Gasteiger partial charge in [0.1, 0.15) is 0 Å². The lowest BCUT2D eigenvalue weighted by atomic mass is 9.93. The molecule has 3 nitrogen and oxygen atoms in total. The van der Waals surface area contributed by atoms with Gasteiger partial charge in [0, 0.05) is 6.54 Å². The van der Waals surface area contributed by atoms with Gasteiger partial charge in [-0.05, 0) is 26.8 Å². The summed E-state index contributed by atoms with van der Waals surface area (Å²) in [5, 5.41) is 3.14. The Morgan fingerprint density at radius 2 is 2.25 bits per heavy atom. The van der Waals surface area contributed by atoms with Gasteiger partial charge in [0.2, 0.25) is 5.91 Å². The van der Waals surface area contributed by atoms with Crippen molar-refractivity contribution in [3.05, 3.63) is 12.7 Å². The van der Waals surface area contributed by atoms with Crippen LogP contribution in [0.4, 0.5) is 0 Å². The molecule has 1 amide bonds. The smallest absolute Gasteiger partial charge is 0.224 e. The maximum Gasteiger partial charge on any atom is 0.224 e. The minimum absolute atomic E-state index is 0.270. The van der Waals surface area contributed by atoms with Crippen LogP contribution >= 0.6 is 0 Å². The molecule has 0 saturated carbocycles. The van der Waals surface area contributed by atoms with E-state index in [2.05, 4.69) is 11.9 Å². The summed E-state index contributed by atoms with van der Waals surface area (Å²) in [6.45, 7) is 8.73. The van der Waals surface area contributed by atoms with Gasteiger partial charge in [-0.25, -0.2) is 0 Å². The van der Waals surface area contributed by atoms with Crippen molar-refractivity contribution in [1.82, 2.24) is 5.32 Å². The van der Waals surface area contributed by atoms with Gasteiger partial charge in [-0.3, -0.25) is 4.79 Å². The van der Waals surface area contributed by atoms with E-state index in [4.69, 9.17) is 5.73 Å². The lowest BCUT2D eigenvalue weighted by Crippen LogP contribution is -2.40. The first kappa shape index (κ1) is 11.2. The van der Waals surface area contributed by atoms with E-state index in [0.29, 0.717) is 6.54 Å². The SMILES string of the molecule is C=CCCNCC(C)(C)C(N)=O. The van der Waals surface area contributed by atoms with E-state index in [1.165, 1.54) is 0 Å². The average Bonchev–Trinajstić information content (AvgIpc) is 1.98. The third-order valence-corrected chi connectivity index (χ3v) is 1.76. The molecule has 0 aliphatic carbocycles. The van der Waals surface area contributed by atoms with Crippen molar-refractivity contribution in [2.24, 2.45) is 11.1 Å². The molecule has 0 aromatic carbocycles. The molecule has 0 saturated heterocycles. The number of amides is 1. The summed E-state index contributed by atoms with van der Waals surface area (Å²) in [6, 6.07) is 0. The highest BCUT2D eigenvalue weighted by molar-refractivity contribution is 5.80. The molecular formula is C9H18N2O. The first-order valence-corrected chi connectivity index (χ1v) is 4.12. The zero-order valence-electron chi connectivity index (χ0n) is 7.89. The largest absolute Gasteiger partial charge is 0.369 e. The Hall–Kier alpha value is -0.830. The monoisotopic (exact) mass is 170 g/mol. The standard InChI is InChI=1S/C9H18N2O/c1-4-5-6-11-7-9(2,3)8(10)12/h4,11H,1,5-7H2,2-3H3,(H2,10,12). The molecule has 0 unspecified atom stereocenters. The van der Waals surface area contributed by atoms with Crippen LogP contribution in [0.2, 0.25) is 0 Å². The molecule has 0 fully saturated rings. The normalized spacial score (nSPS) is 11.2. The zero-order chi connectivity index (χ0) is 9.61. The second-order valence-electron chi connectivity index (χ2n) is 3.50. The number of nitrogens with two attached hydrogens (primary N) is 1. The third kappa shape index (κ3) is 4.13. The minimum atomic E-state index is -0.457. The van der Waals surface area contributed by atoms with E-state index in [-0.39, 0.29) is 5.91 Å². The van der Waals surface area contributed by atoms with Crippen molar-refractivity contribution in [3.8, 4) is 0 Å². The summed E-state index contributed by atoms with van der Waals surface area (Å²) in [5.74, 6) is -0.270. The molecule has 12 heavy (non-hydrogen) atoms. The van der Waals surface area contributed by atoms with E-state index in [9.17, 15) is 4.79 Å². The fourth-order valence-electron chi connectivity index (χ4n) is 0.692. The van der Waals surface area contributed by atoms with Crippen LogP contribution in [0.25, 0.3) is 0 Å². The Morgan fingerprint density at radius 1 is 1.67 bits per heavy atom. The number of hydrogen-bond donors (Lipinski definition) is 2. The van der Waals surface area contributed by atoms with Crippen molar-refractivity contribution in [1.29, 1.82) is 0 Å². The molecule has 3 N–H and O–H groups in total. The van der Waals surface area contributed by atoms with Gasteiger partial charge in [-0.15, -0.1) is 6.58 Å². The van der Waals surface area contributed by atoms with Crippen LogP contribution in [0.5, 0.6) is 0 Å². The summed E-state index contributed by atoms with van der Waals surface area (Å²) >= 11 is 0. The Morgan fingerprint density at radius 3 is 2.67 bits per heavy atom. The Bertz CT molecular complexity index is 164. The molecule has 0 radical (unpaired) electrons. The first-order valence-electron chi connectivity index (χ1n) is 4.12. The van der Waals surface area contributed by atoms with E-state index >= 15 is 0 Å². The maximum atomic E-state index is 10.8. The summed E-state index contributed by atoms with van der Waals surface area (Å²) in [6.07, 6.45) is 2.75. The summed E-state index contributed by atoms with van der Waals surface area (Å²) in [7, 11) is 0. The van der Waals surface area contributed by atoms with Gasteiger partial charge in [-0.1, -0.05) is 6.08 Å². The van der Waals surface area contributed by atoms with Gasteiger partial charge < -0.3 is 11.1 Å². The Labute approximate surface area is 74.0 Å². The van der Waals surface area contributed by atoms with Gasteiger partial charge in [0.15, 0.2) is 0 Å². The van der Waals surface area contributed by atoms with Gasteiger partial charge in [0.05, 0.1) is 5.41 Å². The number of hydrogen-bond acceptors (Lipinski definition) is 2. The van der Waals surface area contributed by atoms with Crippen LogP contribution in [-0.2, 0) is 4.79 Å². The van der Waals surface area contributed by atoms with Crippen molar-refractivity contribution in [3.63, 3.8) is 0 Å². The third-order valence-electron chi connectivity index (χ3n) is 1.76. The molecule has 70 valence electrons. The molecule has 0 spiro atoms. The van der Waals surface area contributed by atoms with E-state index < -0.39 is 5.41 Å². The highest BCUT2D eigenvalue weighted by atomic mass is 16.1. The molecule has 0 aromatic rings. The van der Waals surface area contributed by atoms with Gasteiger partial charge >= 0.3 is 0 Å². The fraction of sp³-hybridized carbons (Fsp3) is 0.667. The predicted molar refractivity (Wildman–Crippen MR) is 50.7 cm³/mol. The van der Waals surface area contributed by atoms with Crippen LogP contribution in [0.15, 0.2) is 12.7 Å². The summed E-state index contributed by atoms with van der Waals surface area (Å²) in [4.78, 5) is 10.8. The molecule has 0 bridgehead atoms. The topological polar surface area (TPSA) is 55.1 Å². The summed E-state index contributed by atoms with van der Waals surface area (Å²) < 4.78 is 0. The fourth-order valence-corrected chi connectivity index (χ4v) is 0.692. The number of nitrogens with one attached hydrogen (secondary N) is 1. The molecule has 0 rings (SSSR count). The molecule has 0 aromatic heterocycles. The molecule has 0 aliphatic heterocycles. The molecule has 0 heterocycles. The lowest BCUT2D eigenvalue weighted by molar-refractivity contribution is -0.125. The Balaban J connectivity index is 3.61. The minimum Gasteiger partial charge on any atom is -0.369 e. The second kappa shape index (κ2) is 4.93. The summed E-state index contributed by atoms with van der Waals surface area (Å²) in [5.41, 5.74) is 4.73. The van der Waals surface area contributed by atoms with Gasteiger partial charge in [0.25, 0.3) is 0 Å². The van der Waals surface area contributed by atoms with Crippen molar-refractivity contribution >= 4 is 5.91 Å². The van der Waals surface area contributed by atoms with Crippen molar-refractivity contribution < 1.29 is 4.79 Å². The number of carbonyl (C=O) groups excluding carboxylic acids is 1. The van der Waals surface area contributed by atoms with Crippen LogP contribution in [-0.4, -0.2) is 19.0 Å². The first-order chi connectivity index (χ1) is 5.50. The number of rotatable bonds is 6. The van der Waals surface area contributed by atoms with Crippen LogP contribution < -0.4 is 11.1 Å².